The second-order valence-corrected chi connectivity index (χ2v) is 11.0. The zero-order chi connectivity index (χ0) is 27.1. The molecule has 0 bridgehead atoms. The maximum Gasteiger partial charge on any atom is 0.193 e. The molecule has 3 aromatic carbocycles. The number of carbonyl (C=O) groups excluding carboxylic acids is 2. The molecule has 4 unspecified atom stereocenters. The normalized spacial score (nSPS) is 23.8. The van der Waals surface area contributed by atoms with E-state index in [0.717, 1.165) is 64.0 Å². The van der Waals surface area contributed by atoms with Gasteiger partial charge in [-0.05, 0) is 30.3 Å². The summed E-state index contributed by atoms with van der Waals surface area (Å²) < 4.78 is 21.8. The molecule has 206 valence electrons. The lowest BCUT2D eigenvalue weighted by atomic mass is 9.97. The summed E-state index contributed by atoms with van der Waals surface area (Å²) in [6, 6.07) is 22.3. The van der Waals surface area contributed by atoms with E-state index in [9.17, 15) is 9.59 Å². The summed E-state index contributed by atoms with van der Waals surface area (Å²) in [6.45, 7) is 6.19. The lowest BCUT2D eigenvalue weighted by Gasteiger charge is -2.24. The van der Waals surface area contributed by atoms with Crippen LogP contribution in [-0.4, -0.2) is 88.6 Å². The Balaban J connectivity index is 1.09. The fourth-order valence-corrected chi connectivity index (χ4v) is 5.07. The molecule has 7 rings (SSSR count). The first-order chi connectivity index (χ1) is 19.6. The highest BCUT2D eigenvalue weighted by Gasteiger charge is 2.32. The maximum atomic E-state index is 13.6. The van der Waals surface area contributed by atoms with Crippen molar-refractivity contribution in [3.63, 3.8) is 0 Å². The number of nitrogens with zero attached hydrogens (tertiary/aromatic N) is 2. The van der Waals surface area contributed by atoms with Gasteiger partial charge in [0.1, 0.15) is 0 Å². The van der Waals surface area contributed by atoms with Crippen molar-refractivity contribution < 1.29 is 28.5 Å². The minimum atomic E-state index is -0.115. The van der Waals surface area contributed by atoms with Crippen LogP contribution < -0.4 is 9.80 Å². The predicted molar refractivity (Wildman–Crippen MR) is 150 cm³/mol. The summed E-state index contributed by atoms with van der Waals surface area (Å²) in [5.74, 6) is -0.230. The van der Waals surface area contributed by atoms with E-state index in [1.807, 2.05) is 48.5 Å². The van der Waals surface area contributed by atoms with E-state index in [0.29, 0.717) is 22.3 Å². The van der Waals surface area contributed by atoms with Gasteiger partial charge >= 0.3 is 0 Å². The zero-order valence-corrected chi connectivity index (χ0v) is 22.2. The van der Waals surface area contributed by atoms with Crippen molar-refractivity contribution in [2.45, 2.75) is 24.4 Å². The lowest BCUT2D eigenvalue weighted by Crippen LogP contribution is -2.31. The van der Waals surface area contributed by atoms with E-state index >= 15 is 0 Å². The lowest BCUT2D eigenvalue weighted by molar-refractivity contribution is 0.103. The molecule has 40 heavy (non-hydrogen) atoms. The van der Waals surface area contributed by atoms with Crippen LogP contribution in [-0.2, 0) is 18.9 Å². The maximum absolute atomic E-state index is 13.6. The molecule has 0 saturated carbocycles. The van der Waals surface area contributed by atoms with Gasteiger partial charge in [0.2, 0.25) is 0 Å². The number of epoxide rings is 4. The molecule has 8 nitrogen and oxygen atoms in total. The number of benzene rings is 3. The second kappa shape index (κ2) is 10.8. The van der Waals surface area contributed by atoms with E-state index in [2.05, 4.69) is 9.80 Å². The molecule has 4 heterocycles. The average Bonchev–Trinajstić information content (AvgIpc) is 3.81. The van der Waals surface area contributed by atoms with Gasteiger partial charge in [0.05, 0.1) is 50.8 Å². The number of hydrogen-bond donors (Lipinski definition) is 0. The van der Waals surface area contributed by atoms with Crippen molar-refractivity contribution in [2.75, 3.05) is 62.4 Å². The van der Waals surface area contributed by atoms with Crippen LogP contribution in [0.1, 0.15) is 31.8 Å². The monoisotopic (exact) mass is 540 g/mol. The van der Waals surface area contributed by atoms with Gasteiger partial charge in [-0.2, -0.15) is 0 Å². The molecule has 4 aliphatic rings. The molecule has 0 amide bonds. The van der Waals surface area contributed by atoms with E-state index in [1.54, 1.807) is 24.3 Å². The molecule has 4 aliphatic heterocycles. The van der Waals surface area contributed by atoms with Crippen molar-refractivity contribution in [3.8, 4) is 0 Å². The van der Waals surface area contributed by atoms with Crippen molar-refractivity contribution in [3.05, 3.63) is 95.1 Å². The zero-order valence-electron chi connectivity index (χ0n) is 22.2. The summed E-state index contributed by atoms with van der Waals surface area (Å²) in [6.07, 6.45) is 0.928. The van der Waals surface area contributed by atoms with Crippen LogP contribution in [0.25, 0.3) is 0 Å². The van der Waals surface area contributed by atoms with Gasteiger partial charge in [-0.25, -0.2) is 0 Å². The Hall–Kier alpha value is -3.56. The first-order valence-corrected chi connectivity index (χ1v) is 13.9. The Kier molecular flexibility index (Phi) is 6.85. The van der Waals surface area contributed by atoms with Crippen molar-refractivity contribution in [1.82, 2.24) is 0 Å². The van der Waals surface area contributed by atoms with Gasteiger partial charge in [0, 0.05) is 59.8 Å². The van der Waals surface area contributed by atoms with E-state index in [-0.39, 0.29) is 36.0 Å². The topological polar surface area (TPSA) is 90.7 Å². The number of anilines is 2. The smallest absolute Gasteiger partial charge is 0.193 e. The highest BCUT2D eigenvalue weighted by Crippen LogP contribution is 2.27. The molecule has 0 aromatic heterocycles. The first-order valence-electron chi connectivity index (χ1n) is 13.9. The molecule has 0 spiro atoms. The van der Waals surface area contributed by atoms with Crippen LogP contribution >= 0.6 is 0 Å². The van der Waals surface area contributed by atoms with Crippen molar-refractivity contribution >= 4 is 22.9 Å². The third-order valence-corrected chi connectivity index (χ3v) is 7.64. The number of ether oxygens (including phenoxy) is 4. The van der Waals surface area contributed by atoms with Crippen molar-refractivity contribution in [2.24, 2.45) is 0 Å². The van der Waals surface area contributed by atoms with E-state index in [1.165, 1.54) is 0 Å². The number of hydrogen-bond acceptors (Lipinski definition) is 8. The standard InChI is InChI=1S/C32H32N2O6/c35-31(23-6-2-8-25(11-23)33(13-27-17-37-27)14-28-18-38-28)21-4-1-5-22(10-21)32(36)24-7-3-9-26(12-24)34(15-29-19-39-29)16-30-20-40-30/h1-12,27-30H,13-20H2. The highest BCUT2D eigenvalue weighted by molar-refractivity contribution is 6.13. The molecule has 8 heteroatoms. The van der Waals surface area contributed by atoms with Crippen LogP contribution in [0.15, 0.2) is 72.8 Å². The molecule has 4 atom stereocenters. The molecular weight excluding hydrogens is 508 g/mol. The van der Waals surface area contributed by atoms with Crippen LogP contribution in [0.3, 0.4) is 0 Å². The Labute approximate surface area is 233 Å². The third-order valence-electron chi connectivity index (χ3n) is 7.64. The minimum Gasteiger partial charge on any atom is -0.371 e. The second-order valence-electron chi connectivity index (χ2n) is 11.0. The molecule has 0 N–H and O–H groups in total. The summed E-state index contributed by atoms with van der Waals surface area (Å²) in [4.78, 5) is 31.6. The van der Waals surface area contributed by atoms with Crippen LogP contribution in [0.2, 0.25) is 0 Å². The first kappa shape index (κ1) is 25.4. The molecule has 4 saturated heterocycles. The van der Waals surface area contributed by atoms with Gasteiger partial charge in [0.15, 0.2) is 11.6 Å². The number of rotatable bonds is 14. The minimum absolute atomic E-state index is 0.115. The Morgan fingerprint density at radius 1 is 0.525 bits per heavy atom. The summed E-state index contributed by atoms with van der Waals surface area (Å²) >= 11 is 0. The SMILES string of the molecule is O=C(c1cccc(C(=O)c2cccc(N(CC3CO3)CC3CO3)c2)c1)c1cccc(N(CC2CO2)CC2CO2)c1. The average molecular weight is 541 g/mol. The number of carbonyl (C=O) groups is 2. The molecular formula is C32H32N2O6. The largest absolute Gasteiger partial charge is 0.371 e. The van der Waals surface area contributed by atoms with E-state index in [4.69, 9.17) is 18.9 Å². The quantitative estimate of drug-likeness (QED) is 0.227. The fraction of sp³-hybridized carbons (Fsp3) is 0.375. The Bertz CT molecular complexity index is 1280. The highest BCUT2D eigenvalue weighted by atomic mass is 16.6. The predicted octanol–water partition coefficient (Wildman–Crippen LogP) is 3.36. The Morgan fingerprint density at radius 2 is 0.825 bits per heavy atom. The van der Waals surface area contributed by atoms with Gasteiger partial charge < -0.3 is 28.7 Å². The summed E-state index contributed by atoms with van der Waals surface area (Å²) in [5.41, 5.74) is 4.09. The van der Waals surface area contributed by atoms with Gasteiger partial charge in [0.25, 0.3) is 0 Å². The molecule has 0 radical (unpaired) electrons. The van der Waals surface area contributed by atoms with Crippen molar-refractivity contribution in [1.29, 1.82) is 0 Å². The summed E-state index contributed by atoms with van der Waals surface area (Å²) in [7, 11) is 0. The molecule has 0 aliphatic carbocycles. The fourth-order valence-electron chi connectivity index (χ4n) is 5.07. The van der Waals surface area contributed by atoms with Crippen LogP contribution in [0, 0.1) is 0 Å². The molecule has 4 fully saturated rings. The number of ketones is 2. The van der Waals surface area contributed by atoms with Gasteiger partial charge in [-0.1, -0.05) is 42.5 Å². The van der Waals surface area contributed by atoms with Gasteiger partial charge in [-0.15, -0.1) is 0 Å². The third kappa shape index (κ3) is 6.26. The van der Waals surface area contributed by atoms with Crippen LogP contribution in [0.4, 0.5) is 11.4 Å². The van der Waals surface area contributed by atoms with Crippen LogP contribution in [0.5, 0.6) is 0 Å². The summed E-state index contributed by atoms with van der Waals surface area (Å²) in [5, 5.41) is 0. The van der Waals surface area contributed by atoms with Gasteiger partial charge in [-0.3, -0.25) is 9.59 Å². The molecule has 3 aromatic rings. The van der Waals surface area contributed by atoms with E-state index < -0.39 is 0 Å². The Morgan fingerprint density at radius 3 is 1.15 bits per heavy atom.